The summed E-state index contributed by atoms with van der Waals surface area (Å²) in [5, 5.41) is 4.06. The number of hydrogen-bond donors (Lipinski definition) is 1. The number of pyridine rings is 1. The minimum absolute atomic E-state index is 0.619. The molecule has 162 valence electrons. The van der Waals surface area contributed by atoms with E-state index in [-0.39, 0.29) is 0 Å². The lowest BCUT2D eigenvalue weighted by molar-refractivity contribution is 0.0699. The minimum atomic E-state index is 0.619. The van der Waals surface area contributed by atoms with Crippen molar-refractivity contribution in [3.8, 4) is 11.3 Å². The molecule has 2 aliphatic heterocycles. The van der Waals surface area contributed by atoms with Gasteiger partial charge in [-0.2, -0.15) is 0 Å². The number of ether oxygens (including phenoxy) is 1. The van der Waals surface area contributed by atoms with E-state index < -0.39 is 0 Å². The van der Waals surface area contributed by atoms with Crippen molar-refractivity contribution >= 4 is 17.4 Å². The summed E-state index contributed by atoms with van der Waals surface area (Å²) in [6.07, 6.45) is 12.2. The molecule has 0 aromatic carbocycles. The molecular weight excluding hydrogens is 398 g/mol. The maximum absolute atomic E-state index is 6.48. The molecule has 30 heavy (non-hydrogen) atoms. The average molecular weight is 430 g/mol. The van der Waals surface area contributed by atoms with E-state index in [4.69, 9.17) is 21.3 Å². The molecule has 0 saturated carbocycles. The molecule has 0 aliphatic carbocycles. The second kappa shape index (κ2) is 10.5. The largest absolute Gasteiger partial charge is 0.381 e. The second-order valence-electron chi connectivity index (χ2n) is 8.67. The van der Waals surface area contributed by atoms with Crippen molar-refractivity contribution in [3.05, 3.63) is 35.4 Å². The van der Waals surface area contributed by atoms with Gasteiger partial charge in [-0.3, -0.25) is 9.97 Å². The van der Waals surface area contributed by atoms with Gasteiger partial charge in [0.25, 0.3) is 0 Å². The zero-order chi connectivity index (χ0) is 20.8. The lowest BCUT2D eigenvalue weighted by atomic mass is 9.91. The van der Waals surface area contributed by atoms with Gasteiger partial charge < -0.3 is 15.0 Å². The molecule has 0 unspecified atom stereocenters. The smallest absolute Gasteiger partial charge is 0.145 e. The molecule has 0 amide bonds. The van der Waals surface area contributed by atoms with E-state index in [0.717, 1.165) is 67.7 Å². The predicted molar refractivity (Wildman–Crippen MR) is 121 cm³/mol. The van der Waals surface area contributed by atoms with E-state index in [1.165, 1.54) is 32.4 Å². The third kappa shape index (κ3) is 5.90. The first kappa shape index (κ1) is 21.5. The molecule has 2 fully saturated rings. The first-order valence-corrected chi connectivity index (χ1v) is 11.5. The van der Waals surface area contributed by atoms with Crippen molar-refractivity contribution < 1.29 is 4.74 Å². The van der Waals surface area contributed by atoms with E-state index in [0.29, 0.717) is 10.9 Å². The van der Waals surface area contributed by atoms with Crippen LogP contribution in [0.5, 0.6) is 0 Å². The zero-order valence-electron chi connectivity index (χ0n) is 17.8. The maximum Gasteiger partial charge on any atom is 0.145 e. The van der Waals surface area contributed by atoms with Crippen LogP contribution < -0.4 is 5.32 Å². The van der Waals surface area contributed by atoms with Crippen molar-refractivity contribution in [2.24, 2.45) is 11.8 Å². The lowest BCUT2D eigenvalue weighted by Gasteiger charge is -2.28. The Hall–Kier alpha value is -1.76. The van der Waals surface area contributed by atoms with Crippen molar-refractivity contribution in [3.63, 3.8) is 0 Å². The van der Waals surface area contributed by atoms with Crippen LogP contribution in [0.15, 0.2) is 24.7 Å². The number of aromatic nitrogens is 3. The molecule has 0 radical (unpaired) electrons. The summed E-state index contributed by atoms with van der Waals surface area (Å²) in [4.78, 5) is 16.1. The van der Waals surface area contributed by atoms with Crippen molar-refractivity contribution in [1.82, 2.24) is 19.9 Å². The molecular formula is C23H32ClN5O. The number of hydrogen-bond acceptors (Lipinski definition) is 6. The Balaban J connectivity index is 1.39. The number of piperidine rings is 1. The normalized spacial score (nSPS) is 19.1. The Kier molecular flexibility index (Phi) is 7.52. The van der Waals surface area contributed by atoms with Gasteiger partial charge in [-0.25, -0.2) is 4.98 Å². The molecule has 0 spiro atoms. The predicted octanol–water partition coefficient (Wildman–Crippen LogP) is 4.30. The fraction of sp³-hybridized carbons (Fsp3) is 0.609. The Labute approximate surface area is 184 Å². The molecule has 2 aromatic heterocycles. The van der Waals surface area contributed by atoms with Crippen molar-refractivity contribution in [2.75, 3.05) is 45.2 Å². The summed E-state index contributed by atoms with van der Waals surface area (Å²) >= 11 is 6.48. The fourth-order valence-electron chi connectivity index (χ4n) is 4.30. The van der Waals surface area contributed by atoms with Gasteiger partial charge in [0.05, 0.1) is 23.1 Å². The van der Waals surface area contributed by atoms with Crippen LogP contribution in [-0.4, -0.2) is 59.7 Å². The van der Waals surface area contributed by atoms with E-state index in [2.05, 4.69) is 33.3 Å². The SMILES string of the molecule is CN1CCC(CCc2cc(-c3cncc(NCC4CCOCC4)n3)c(Cl)cn2)CC1. The van der Waals surface area contributed by atoms with Gasteiger partial charge in [-0.05, 0) is 76.6 Å². The summed E-state index contributed by atoms with van der Waals surface area (Å²) < 4.78 is 5.44. The molecule has 0 atom stereocenters. The highest BCUT2D eigenvalue weighted by molar-refractivity contribution is 6.33. The number of anilines is 1. The Morgan fingerprint density at radius 2 is 1.90 bits per heavy atom. The quantitative estimate of drug-likeness (QED) is 0.707. The monoisotopic (exact) mass is 429 g/mol. The summed E-state index contributed by atoms with van der Waals surface area (Å²) in [6, 6.07) is 2.09. The van der Waals surface area contributed by atoms with Gasteiger partial charge in [-0.15, -0.1) is 0 Å². The molecule has 4 heterocycles. The molecule has 2 aromatic rings. The van der Waals surface area contributed by atoms with Gasteiger partial charge in [0, 0.05) is 37.2 Å². The zero-order valence-corrected chi connectivity index (χ0v) is 18.6. The number of aryl methyl sites for hydroxylation is 1. The van der Waals surface area contributed by atoms with Crippen LogP contribution in [0.2, 0.25) is 5.02 Å². The number of nitrogens with zero attached hydrogens (tertiary/aromatic N) is 4. The van der Waals surface area contributed by atoms with E-state index >= 15 is 0 Å². The second-order valence-corrected chi connectivity index (χ2v) is 9.07. The maximum atomic E-state index is 6.48. The van der Waals surface area contributed by atoms with E-state index in [9.17, 15) is 0 Å². The minimum Gasteiger partial charge on any atom is -0.381 e. The molecule has 1 N–H and O–H groups in total. The highest BCUT2D eigenvalue weighted by Gasteiger charge is 2.17. The van der Waals surface area contributed by atoms with Gasteiger partial charge in [-0.1, -0.05) is 11.6 Å². The Morgan fingerprint density at radius 1 is 1.10 bits per heavy atom. The van der Waals surface area contributed by atoms with Crippen LogP contribution in [0.3, 0.4) is 0 Å². The summed E-state index contributed by atoms with van der Waals surface area (Å²) in [6.45, 7) is 5.00. The lowest BCUT2D eigenvalue weighted by Crippen LogP contribution is -2.30. The number of likely N-dealkylation sites (tertiary alicyclic amines) is 1. The molecule has 0 bridgehead atoms. The van der Waals surface area contributed by atoms with Gasteiger partial charge in [0.1, 0.15) is 5.82 Å². The van der Waals surface area contributed by atoms with Crippen molar-refractivity contribution in [2.45, 2.75) is 38.5 Å². The summed E-state index contributed by atoms with van der Waals surface area (Å²) in [5.74, 6) is 2.21. The van der Waals surface area contributed by atoms with Gasteiger partial charge in [0.2, 0.25) is 0 Å². The van der Waals surface area contributed by atoms with Crippen LogP contribution in [0.25, 0.3) is 11.3 Å². The fourth-order valence-corrected chi connectivity index (χ4v) is 4.50. The van der Waals surface area contributed by atoms with E-state index in [1.807, 2.05) is 0 Å². The van der Waals surface area contributed by atoms with Crippen LogP contribution in [0, 0.1) is 11.8 Å². The first-order chi connectivity index (χ1) is 14.7. The van der Waals surface area contributed by atoms with Crippen LogP contribution in [-0.2, 0) is 11.2 Å². The highest BCUT2D eigenvalue weighted by Crippen LogP contribution is 2.28. The van der Waals surface area contributed by atoms with Crippen molar-refractivity contribution in [1.29, 1.82) is 0 Å². The van der Waals surface area contributed by atoms with Gasteiger partial charge in [0.15, 0.2) is 0 Å². The molecule has 2 aliphatic rings. The highest BCUT2D eigenvalue weighted by atomic mass is 35.5. The number of halogens is 1. The number of nitrogens with one attached hydrogen (secondary N) is 1. The van der Waals surface area contributed by atoms with E-state index in [1.54, 1.807) is 18.6 Å². The third-order valence-electron chi connectivity index (χ3n) is 6.38. The molecule has 7 heteroatoms. The summed E-state index contributed by atoms with van der Waals surface area (Å²) in [7, 11) is 2.21. The Bertz CT molecular complexity index is 819. The van der Waals surface area contributed by atoms with Crippen LogP contribution in [0.4, 0.5) is 5.82 Å². The number of rotatable bonds is 7. The molecule has 2 saturated heterocycles. The standard InChI is InChI=1S/C23H32ClN5O/c1-29-8-4-17(5-9-29)2-3-19-12-20(21(24)14-26-19)22-15-25-16-23(28-22)27-13-18-6-10-30-11-7-18/h12,14-18H,2-11,13H2,1H3,(H,27,28). The molecule has 4 rings (SSSR count). The topological polar surface area (TPSA) is 63.2 Å². The third-order valence-corrected chi connectivity index (χ3v) is 6.68. The van der Waals surface area contributed by atoms with Crippen LogP contribution >= 0.6 is 11.6 Å². The Morgan fingerprint density at radius 3 is 2.70 bits per heavy atom. The van der Waals surface area contributed by atoms with Crippen LogP contribution in [0.1, 0.15) is 37.8 Å². The average Bonchev–Trinajstić information content (AvgIpc) is 2.79. The first-order valence-electron chi connectivity index (χ1n) is 11.1. The summed E-state index contributed by atoms with van der Waals surface area (Å²) in [5.41, 5.74) is 2.78. The molecule has 6 nitrogen and oxygen atoms in total. The van der Waals surface area contributed by atoms with Gasteiger partial charge >= 0.3 is 0 Å².